The zero-order valence-electron chi connectivity index (χ0n) is 9.16. The Kier molecular flexibility index (Phi) is 2.72. The van der Waals surface area contributed by atoms with Crippen molar-refractivity contribution >= 4 is 5.82 Å². The zero-order chi connectivity index (χ0) is 11.5. The van der Waals surface area contributed by atoms with E-state index in [1.807, 2.05) is 13.8 Å². The third kappa shape index (κ3) is 2.28. The van der Waals surface area contributed by atoms with E-state index in [-0.39, 0.29) is 6.10 Å². The molecule has 0 unspecified atom stereocenters. The van der Waals surface area contributed by atoms with Gasteiger partial charge in [-0.05, 0) is 13.8 Å². The summed E-state index contributed by atoms with van der Waals surface area (Å²) in [5, 5.41) is 4.04. The molecule has 16 heavy (non-hydrogen) atoms. The van der Waals surface area contributed by atoms with E-state index in [1.165, 1.54) is 0 Å². The molecule has 2 rings (SSSR count). The summed E-state index contributed by atoms with van der Waals surface area (Å²) in [6.07, 6.45) is 4.95. The molecule has 0 fully saturated rings. The lowest BCUT2D eigenvalue weighted by molar-refractivity contribution is 0.231. The average molecular weight is 219 g/mol. The van der Waals surface area contributed by atoms with Gasteiger partial charge in [0, 0.05) is 12.3 Å². The van der Waals surface area contributed by atoms with Crippen molar-refractivity contribution in [3.63, 3.8) is 0 Å². The lowest BCUT2D eigenvalue weighted by Crippen LogP contribution is -2.09. The van der Waals surface area contributed by atoms with Crippen molar-refractivity contribution in [3.8, 4) is 11.7 Å². The van der Waals surface area contributed by atoms with Gasteiger partial charge in [0.15, 0.2) is 5.82 Å². The van der Waals surface area contributed by atoms with E-state index in [1.54, 1.807) is 29.3 Å². The Bertz CT molecular complexity index is 480. The Morgan fingerprint density at radius 3 is 2.81 bits per heavy atom. The Labute approximate surface area is 93.1 Å². The predicted octanol–water partition coefficient (Wildman–Crippen LogP) is 1.03. The molecule has 0 radical (unpaired) electrons. The van der Waals surface area contributed by atoms with Gasteiger partial charge < -0.3 is 10.5 Å². The minimum atomic E-state index is 0.0623. The second kappa shape index (κ2) is 4.18. The molecule has 2 aromatic heterocycles. The summed E-state index contributed by atoms with van der Waals surface area (Å²) < 4.78 is 6.99. The first kappa shape index (κ1) is 10.4. The average Bonchev–Trinajstić information content (AvgIpc) is 2.64. The quantitative estimate of drug-likeness (QED) is 0.834. The molecule has 6 nitrogen and oxygen atoms in total. The summed E-state index contributed by atoms with van der Waals surface area (Å²) in [5.74, 6) is 1.49. The minimum Gasteiger partial charge on any atom is -0.474 e. The van der Waals surface area contributed by atoms with Crippen LogP contribution in [0.5, 0.6) is 5.88 Å². The van der Waals surface area contributed by atoms with E-state index in [9.17, 15) is 0 Å². The fourth-order valence-corrected chi connectivity index (χ4v) is 1.21. The van der Waals surface area contributed by atoms with Gasteiger partial charge in [-0.3, -0.25) is 4.98 Å². The van der Waals surface area contributed by atoms with Gasteiger partial charge in [-0.1, -0.05) is 0 Å². The minimum absolute atomic E-state index is 0.0623. The number of anilines is 1. The molecule has 0 saturated heterocycles. The number of nitrogens with zero attached hydrogens (tertiary/aromatic N) is 4. The fraction of sp³-hybridized carbons (Fsp3) is 0.300. The summed E-state index contributed by atoms with van der Waals surface area (Å²) in [6.45, 7) is 3.86. The molecular formula is C10H13N5O. The van der Waals surface area contributed by atoms with Crippen LogP contribution >= 0.6 is 0 Å². The van der Waals surface area contributed by atoms with Gasteiger partial charge in [0.05, 0.1) is 18.5 Å². The Hall–Kier alpha value is -2.11. The topological polar surface area (TPSA) is 78.9 Å². The van der Waals surface area contributed by atoms with Crippen molar-refractivity contribution < 1.29 is 4.74 Å². The van der Waals surface area contributed by atoms with Gasteiger partial charge in [0.25, 0.3) is 0 Å². The Morgan fingerprint density at radius 2 is 2.19 bits per heavy atom. The highest BCUT2D eigenvalue weighted by Gasteiger charge is 2.04. The third-order valence-corrected chi connectivity index (χ3v) is 1.80. The van der Waals surface area contributed by atoms with Gasteiger partial charge in [-0.2, -0.15) is 4.98 Å². The van der Waals surface area contributed by atoms with E-state index < -0.39 is 0 Å². The molecule has 0 aliphatic heterocycles. The standard InChI is InChI=1S/C10H13N5O/c1-7(2)16-10-6-12-5-9(13-10)15-4-3-8(11)14-15/h3-7H,1-2H3,(H2,11,14). The third-order valence-electron chi connectivity index (χ3n) is 1.80. The van der Waals surface area contributed by atoms with Crippen LogP contribution in [0.3, 0.4) is 0 Å². The highest BCUT2D eigenvalue weighted by atomic mass is 16.5. The molecule has 0 atom stereocenters. The SMILES string of the molecule is CC(C)Oc1cncc(-n2ccc(N)n2)n1. The summed E-state index contributed by atoms with van der Waals surface area (Å²) in [4.78, 5) is 8.29. The van der Waals surface area contributed by atoms with Gasteiger partial charge in [-0.25, -0.2) is 4.68 Å². The van der Waals surface area contributed by atoms with Gasteiger partial charge in [0.2, 0.25) is 5.88 Å². The van der Waals surface area contributed by atoms with E-state index in [4.69, 9.17) is 10.5 Å². The molecule has 84 valence electrons. The molecule has 0 bridgehead atoms. The van der Waals surface area contributed by atoms with Crippen LogP contribution in [0.1, 0.15) is 13.8 Å². The molecule has 0 saturated carbocycles. The van der Waals surface area contributed by atoms with Crippen molar-refractivity contribution in [3.05, 3.63) is 24.7 Å². The van der Waals surface area contributed by atoms with Crippen LogP contribution in [0.2, 0.25) is 0 Å². The molecule has 0 aliphatic rings. The van der Waals surface area contributed by atoms with Gasteiger partial charge in [-0.15, -0.1) is 5.10 Å². The van der Waals surface area contributed by atoms with E-state index in [0.717, 1.165) is 0 Å². The lowest BCUT2D eigenvalue weighted by Gasteiger charge is -2.08. The number of ether oxygens (including phenoxy) is 1. The monoisotopic (exact) mass is 219 g/mol. The number of rotatable bonds is 3. The number of aromatic nitrogens is 4. The van der Waals surface area contributed by atoms with Gasteiger partial charge in [0.1, 0.15) is 5.82 Å². The highest BCUT2D eigenvalue weighted by Crippen LogP contribution is 2.10. The van der Waals surface area contributed by atoms with Crippen LogP contribution in [-0.4, -0.2) is 25.9 Å². The summed E-state index contributed by atoms with van der Waals surface area (Å²) in [6, 6.07) is 1.69. The number of nitrogen functional groups attached to an aromatic ring is 1. The van der Waals surface area contributed by atoms with Gasteiger partial charge >= 0.3 is 0 Å². The second-order valence-electron chi connectivity index (χ2n) is 3.57. The smallest absolute Gasteiger partial charge is 0.234 e. The van der Waals surface area contributed by atoms with Crippen molar-refractivity contribution in [2.75, 3.05) is 5.73 Å². The Morgan fingerprint density at radius 1 is 1.38 bits per heavy atom. The van der Waals surface area contributed by atoms with Crippen molar-refractivity contribution in [2.24, 2.45) is 0 Å². The van der Waals surface area contributed by atoms with E-state index >= 15 is 0 Å². The number of hydrogen-bond donors (Lipinski definition) is 1. The maximum atomic E-state index is 5.52. The molecule has 0 aromatic carbocycles. The maximum absolute atomic E-state index is 5.52. The zero-order valence-corrected chi connectivity index (χ0v) is 9.16. The summed E-state index contributed by atoms with van der Waals surface area (Å²) >= 11 is 0. The highest BCUT2D eigenvalue weighted by molar-refractivity contribution is 5.29. The van der Waals surface area contributed by atoms with Crippen molar-refractivity contribution in [1.29, 1.82) is 0 Å². The molecule has 0 amide bonds. The van der Waals surface area contributed by atoms with Crippen LogP contribution in [0.4, 0.5) is 5.82 Å². The molecule has 2 aromatic rings. The normalized spacial score (nSPS) is 10.7. The van der Waals surface area contributed by atoms with E-state index in [2.05, 4.69) is 15.1 Å². The largest absolute Gasteiger partial charge is 0.474 e. The molecule has 0 aliphatic carbocycles. The van der Waals surface area contributed by atoms with Crippen LogP contribution in [-0.2, 0) is 0 Å². The van der Waals surface area contributed by atoms with Crippen molar-refractivity contribution in [1.82, 2.24) is 19.7 Å². The lowest BCUT2D eigenvalue weighted by atomic mass is 10.5. The maximum Gasteiger partial charge on any atom is 0.234 e. The fourth-order valence-electron chi connectivity index (χ4n) is 1.21. The molecule has 2 heterocycles. The molecule has 2 N–H and O–H groups in total. The van der Waals surface area contributed by atoms with Crippen LogP contribution in [0.15, 0.2) is 24.7 Å². The summed E-state index contributed by atoms with van der Waals surface area (Å²) in [5.41, 5.74) is 5.52. The number of nitrogens with two attached hydrogens (primary N) is 1. The number of hydrogen-bond acceptors (Lipinski definition) is 5. The van der Waals surface area contributed by atoms with Crippen LogP contribution in [0.25, 0.3) is 5.82 Å². The molecule has 6 heteroatoms. The second-order valence-corrected chi connectivity index (χ2v) is 3.57. The molecule has 0 spiro atoms. The molecular weight excluding hydrogens is 206 g/mol. The van der Waals surface area contributed by atoms with Crippen LogP contribution < -0.4 is 10.5 Å². The van der Waals surface area contributed by atoms with E-state index in [0.29, 0.717) is 17.5 Å². The van der Waals surface area contributed by atoms with Crippen molar-refractivity contribution in [2.45, 2.75) is 20.0 Å². The first-order valence-electron chi connectivity index (χ1n) is 4.95. The van der Waals surface area contributed by atoms with Crippen LogP contribution in [0, 0.1) is 0 Å². The Balaban J connectivity index is 2.28. The summed E-state index contributed by atoms with van der Waals surface area (Å²) in [7, 11) is 0. The first-order valence-corrected chi connectivity index (χ1v) is 4.95. The predicted molar refractivity (Wildman–Crippen MR) is 59.3 cm³/mol. The first-order chi connectivity index (χ1) is 7.65.